The van der Waals surface area contributed by atoms with Gasteiger partial charge in [0.05, 0.1) is 18.7 Å². The number of nitrogens with zero attached hydrogens (tertiary/aromatic N) is 1. The van der Waals surface area contributed by atoms with E-state index in [0.717, 1.165) is 10.6 Å². The van der Waals surface area contributed by atoms with Crippen LogP contribution in [0.25, 0.3) is 0 Å². The SMILES string of the molecule is COc1ccc(NC2=CC(=O)N(C(C)=O)C2)cc1Cl. The van der Waals surface area contributed by atoms with Crippen molar-refractivity contribution in [3.05, 3.63) is 35.0 Å². The second kappa shape index (κ2) is 5.32. The molecule has 5 nitrogen and oxygen atoms in total. The molecule has 1 aliphatic rings. The Hall–Kier alpha value is -2.01. The first kappa shape index (κ1) is 13.4. The summed E-state index contributed by atoms with van der Waals surface area (Å²) in [6.45, 7) is 1.61. The van der Waals surface area contributed by atoms with E-state index in [1.54, 1.807) is 18.2 Å². The molecule has 0 radical (unpaired) electrons. The summed E-state index contributed by atoms with van der Waals surface area (Å²) < 4.78 is 5.05. The number of carbonyl (C=O) groups is 2. The largest absolute Gasteiger partial charge is 0.495 e. The molecule has 100 valence electrons. The summed E-state index contributed by atoms with van der Waals surface area (Å²) in [4.78, 5) is 23.9. The summed E-state index contributed by atoms with van der Waals surface area (Å²) in [5.41, 5.74) is 1.39. The van der Waals surface area contributed by atoms with E-state index >= 15 is 0 Å². The van der Waals surface area contributed by atoms with E-state index in [1.165, 1.54) is 20.1 Å². The van der Waals surface area contributed by atoms with Crippen LogP contribution in [0.3, 0.4) is 0 Å². The van der Waals surface area contributed by atoms with Gasteiger partial charge in [0.2, 0.25) is 5.91 Å². The third kappa shape index (κ3) is 2.88. The zero-order valence-electron chi connectivity index (χ0n) is 10.6. The molecular formula is C13H13ClN2O3. The Balaban J connectivity index is 2.11. The predicted octanol–water partition coefficient (Wildman–Crippen LogP) is 2.03. The van der Waals surface area contributed by atoms with Gasteiger partial charge >= 0.3 is 0 Å². The van der Waals surface area contributed by atoms with E-state index in [0.29, 0.717) is 16.5 Å². The molecule has 1 aromatic rings. The maximum atomic E-state index is 11.5. The number of nitrogens with one attached hydrogen (secondary N) is 1. The minimum absolute atomic E-state index is 0.248. The average Bonchev–Trinajstić information content (AvgIpc) is 2.70. The lowest BCUT2D eigenvalue weighted by molar-refractivity contribution is -0.138. The van der Waals surface area contributed by atoms with E-state index in [-0.39, 0.29) is 18.4 Å². The first-order valence-electron chi connectivity index (χ1n) is 5.64. The van der Waals surface area contributed by atoms with Gasteiger partial charge in [-0.1, -0.05) is 11.6 Å². The van der Waals surface area contributed by atoms with Crippen molar-refractivity contribution < 1.29 is 14.3 Å². The number of anilines is 1. The maximum Gasteiger partial charge on any atom is 0.255 e. The molecule has 0 atom stereocenters. The van der Waals surface area contributed by atoms with Crippen LogP contribution in [0.1, 0.15) is 6.92 Å². The molecule has 1 heterocycles. The lowest BCUT2D eigenvalue weighted by atomic mass is 10.3. The molecule has 0 aliphatic carbocycles. The van der Waals surface area contributed by atoms with Crippen LogP contribution in [-0.4, -0.2) is 30.4 Å². The van der Waals surface area contributed by atoms with Gasteiger partial charge in [0, 0.05) is 24.4 Å². The number of carbonyl (C=O) groups excluding carboxylic acids is 2. The third-order valence-electron chi connectivity index (χ3n) is 2.73. The Morgan fingerprint density at radius 1 is 1.47 bits per heavy atom. The number of halogens is 1. The Morgan fingerprint density at radius 2 is 2.21 bits per heavy atom. The summed E-state index contributed by atoms with van der Waals surface area (Å²) in [6.07, 6.45) is 1.40. The number of benzene rings is 1. The van der Waals surface area contributed by atoms with Gasteiger partial charge in [0.15, 0.2) is 0 Å². The van der Waals surface area contributed by atoms with Crippen LogP contribution in [-0.2, 0) is 9.59 Å². The Kier molecular flexibility index (Phi) is 3.76. The number of hydrogen-bond acceptors (Lipinski definition) is 4. The van der Waals surface area contributed by atoms with Crippen LogP contribution in [0, 0.1) is 0 Å². The van der Waals surface area contributed by atoms with Gasteiger partial charge < -0.3 is 10.1 Å². The van der Waals surface area contributed by atoms with E-state index in [2.05, 4.69) is 5.32 Å². The van der Waals surface area contributed by atoms with E-state index in [4.69, 9.17) is 16.3 Å². The van der Waals surface area contributed by atoms with Crippen LogP contribution in [0.15, 0.2) is 30.0 Å². The fourth-order valence-electron chi connectivity index (χ4n) is 1.79. The summed E-state index contributed by atoms with van der Waals surface area (Å²) in [5.74, 6) is -0.00511. The van der Waals surface area contributed by atoms with Crippen LogP contribution in [0.5, 0.6) is 5.75 Å². The van der Waals surface area contributed by atoms with Gasteiger partial charge in [-0.05, 0) is 18.2 Å². The summed E-state index contributed by atoms with van der Waals surface area (Å²) >= 11 is 6.01. The third-order valence-corrected chi connectivity index (χ3v) is 3.02. The Labute approximate surface area is 115 Å². The average molecular weight is 281 g/mol. The fourth-order valence-corrected chi connectivity index (χ4v) is 2.05. The number of hydrogen-bond donors (Lipinski definition) is 1. The van der Waals surface area contributed by atoms with Crippen molar-refractivity contribution in [2.45, 2.75) is 6.92 Å². The monoisotopic (exact) mass is 280 g/mol. The van der Waals surface area contributed by atoms with Crippen molar-refractivity contribution in [3.8, 4) is 5.75 Å². The highest BCUT2D eigenvalue weighted by atomic mass is 35.5. The van der Waals surface area contributed by atoms with E-state index in [1.807, 2.05) is 0 Å². The second-order valence-corrected chi connectivity index (χ2v) is 4.49. The molecule has 0 aromatic heterocycles. The van der Waals surface area contributed by atoms with Crippen molar-refractivity contribution in [2.24, 2.45) is 0 Å². The number of imide groups is 1. The minimum atomic E-state index is -0.311. The molecule has 0 spiro atoms. The normalized spacial score (nSPS) is 14.4. The molecule has 1 aliphatic heterocycles. The van der Waals surface area contributed by atoms with Gasteiger partial charge in [-0.3, -0.25) is 14.5 Å². The molecule has 0 saturated carbocycles. The molecular weight excluding hydrogens is 268 g/mol. The van der Waals surface area contributed by atoms with Crippen LogP contribution < -0.4 is 10.1 Å². The number of amides is 2. The smallest absolute Gasteiger partial charge is 0.255 e. The van der Waals surface area contributed by atoms with Crippen molar-refractivity contribution >= 4 is 29.1 Å². The van der Waals surface area contributed by atoms with Crippen LogP contribution >= 0.6 is 11.6 Å². The predicted molar refractivity (Wildman–Crippen MR) is 72.1 cm³/mol. The molecule has 1 N–H and O–H groups in total. The van der Waals surface area contributed by atoms with Crippen molar-refractivity contribution in [1.29, 1.82) is 0 Å². The van der Waals surface area contributed by atoms with Gasteiger partial charge in [-0.25, -0.2) is 0 Å². The van der Waals surface area contributed by atoms with Crippen molar-refractivity contribution in [2.75, 3.05) is 19.0 Å². The highest BCUT2D eigenvalue weighted by Gasteiger charge is 2.24. The highest BCUT2D eigenvalue weighted by molar-refractivity contribution is 6.32. The van der Waals surface area contributed by atoms with E-state index in [9.17, 15) is 9.59 Å². The summed E-state index contributed by atoms with van der Waals surface area (Å²) in [7, 11) is 1.54. The number of rotatable bonds is 3. The summed E-state index contributed by atoms with van der Waals surface area (Å²) in [5, 5.41) is 3.53. The van der Waals surface area contributed by atoms with Crippen molar-refractivity contribution in [3.63, 3.8) is 0 Å². The maximum absolute atomic E-state index is 11.5. The lowest BCUT2D eigenvalue weighted by Crippen LogP contribution is -2.31. The zero-order valence-corrected chi connectivity index (χ0v) is 11.3. The standard InChI is InChI=1S/C13H13ClN2O3/c1-8(17)16-7-10(6-13(16)18)15-9-3-4-12(19-2)11(14)5-9/h3-6,15H,7H2,1-2H3. The second-order valence-electron chi connectivity index (χ2n) is 4.09. The molecule has 0 bridgehead atoms. The molecule has 2 rings (SSSR count). The van der Waals surface area contributed by atoms with Crippen LogP contribution in [0.4, 0.5) is 5.69 Å². The van der Waals surface area contributed by atoms with Gasteiger partial charge in [0.1, 0.15) is 5.75 Å². The first-order valence-corrected chi connectivity index (χ1v) is 6.02. The number of methoxy groups -OCH3 is 1. The highest BCUT2D eigenvalue weighted by Crippen LogP contribution is 2.28. The molecule has 6 heteroatoms. The minimum Gasteiger partial charge on any atom is -0.495 e. The fraction of sp³-hybridized carbons (Fsp3) is 0.231. The van der Waals surface area contributed by atoms with Gasteiger partial charge in [-0.15, -0.1) is 0 Å². The molecule has 0 saturated heterocycles. The molecule has 0 unspecified atom stereocenters. The van der Waals surface area contributed by atoms with Gasteiger partial charge in [-0.2, -0.15) is 0 Å². The quantitative estimate of drug-likeness (QED) is 0.920. The topological polar surface area (TPSA) is 58.6 Å². The number of ether oxygens (including phenoxy) is 1. The first-order chi connectivity index (χ1) is 9.01. The zero-order chi connectivity index (χ0) is 14.0. The molecule has 1 aromatic carbocycles. The van der Waals surface area contributed by atoms with Crippen molar-refractivity contribution in [1.82, 2.24) is 4.90 Å². The summed E-state index contributed by atoms with van der Waals surface area (Å²) in [6, 6.07) is 5.21. The molecule has 2 amide bonds. The molecule has 19 heavy (non-hydrogen) atoms. The van der Waals surface area contributed by atoms with Crippen LogP contribution in [0.2, 0.25) is 5.02 Å². The lowest BCUT2D eigenvalue weighted by Gasteiger charge is -2.13. The Bertz CT molecular complexity index is 569. The molecule has 0 fully saturated rings. The van der Waals surface area contributed by atoms with E-state index < -0.39 is 0 Å². The van der Waals surface area contributed by atoms with Gasteiger partial charge in [0.25, 0.3) is 5.91 Å². The Morgan fingerprint density at radius 3 is 2.74 bits per heavy atom.